The van der Waals surface area contributed by atoms with Gasteiger partial charge in [-0.25, -0.2) is 4.98 Å². The van der Waals surface area contributed by atoms with Crippen LogP contribution in [-0.4, -0.2) is 28.6 Å². The van der Waals surface area contributed by atoms with Crippen molar-refractivity contribution in [2.24, 2.45) is 10.8 Å². The highest BCUT2D eigenvalue weighted by molar-refractivity contribution is 6.30. The third kappa shape index (κ3) is 3.16. The molecule has 0 saturated carbocycles. The van der Waals surface area contributed by atoms with Crippen LogP contribution in [0.15, 0.2) is 52.2 Å². The molecule has 1 aliphatic rings. The van der Waals surface area contributed by atoms with Crippen LogP contribution in [-0.2, 0) is 11.3 Å². The quantitative estimate of drug-likeness (QED) is 0.655. The number of fused-ring (bicyclic) bond motifs is 1. The van der Waals surface area contributed by atoms with E-state index in [1.807, 2.05) is 18.2 Å². The number of furan rings is 1. The first-order chi connectivity index (χ1) is 13.0. The Kier molecular flexibility index (Phi) is 4.14. The van der Waals surface area contributed by atoms with Crippen molar-refractivity contribution in [3.63, 3.8) is 0 Å². The van der Waals surface area contributed by atoms with Crippen LogP contribution in [0, 0.1) is 0 Å². The molecule has 27 heavy (non-hydrogen) atoms. The summed E-state index contributed by atoms with van der Waals surface area (Å²) in [5.74, 6) is 0.573. The minimum atomic E-state index is -0.515. The first-order valence-corrected chi connectivity index (χ1v) is 8.52. The molecule has 2 aromatic heterocycles. The molecule has 0 spiro atoms. The van der Waals surface area contributed by atoms with Gasteiger partial charge >= 0.3 is 0 Å². The summed E-state index contributed by atoms with van der Waals surface area (Å²) < 4.78 is 5.31. The lowest BCUT2D eigenvalue weighted by Gasteiger charge is -2.27. The summed E-state index contributed by atoms with van der Waals surface area (Å²) in [7, 11) is 0. The van der Waals surface area contributed by atoms with Crippen LogP contribution in [0.2, 0.25) is 5.02 Å². The van der Waals surface area contributed by atoms with Crippen molar-refractivity contribution in [1.29, 1.82) is 0 Å². The number of hydrogen-bond acceptors (Lipinski definition) is 6. The van der Waals surface area contributed by atoms with E-state index < -0.39 is 5.91 Å². The number of nitrogens with zero attached hydrogens (tertiary/aromatic N) is 4. The zero-order valence-electron chi connectivity index (χ0n) is 14.2. The van der Waals surface area contributed by atoms with Crippen LogP contribution in [0.5, 0.6) is 0 Å². The number of carbonyl (C=O) groups is 1. The Morgan fingerprint density at radius 1 is 1.22 bits per heavy atom. The Morgan fingerprint density at radius 3 is 2.78 bits per heavy atom. The SMILES string of the molecule is NC(=O)C[N+]1(Cc2cccc(Cl)c2)N=Cc2c(-c3ccco3)nc(N)nc21. The van der Waals surface area contributed by atoms with Crippen molar-refractivity contribution < 1.29 is 9.21 Å². The summed E-state index contributed by atoms with van der Waals surface area (Å²) >= 11 is 6.10. The van der Waals surface area contributed by atoms with Crippen LogP contribution in [0.3, 0.4) is 0 Å². The number of nitrogens with two attached hydrogens (primary N) is 2. The van der Waals surface area contributed by atoms with Gasteiger partial charge in [-0.1, -0.05) is 28.8 Å². The molecular formula is C18H16ClN6O2+. The lowest BCUT2D eigenvalue weighted by Crippen LogP contribution is -2.48. The van der Waals surface area contributed by atoms with E-state index in [2.05, 4.69) is 15.1 Å². The number of rotatable bonds is 5. The summed E-state index contributed by atoms with van der Waals surface area (Å²) in [5, 5.41) is 5.17. The number of quaternary nitrogens is 1. The normalized spacial score (nSPS) is 17.8. The van der Waals surface area contributed by atoms with Gasteiger partial charge in [-0.05, 0) is 24.3 Å². The largest absolute Gasteiger partial charge is 0.463 e. The van der Waals surface area contributed by atoms with Gasteiger partial charge in [0.05, 0.1) is 6.26 Å². The lowest BCUT2D eigenvalue weighted by atomic mass is 10.1. The second kappa shape index (κ2) is 6.49. The predicted octanol–water partition coefficient (Wildman–Crippen LogP) is 2.31. The molecule has 8 nitrogen and oxygen atoms in total. The predicted molar refractivity (Wildman–Crippen MR) is 103 cm³/mol. The molecule has 1 unspecified atom stereocenters. The standard InChI is InChI=1S/C18H15ClN6O2/c19-12-4-1-3-11(7-12)9-25(10-15(20)26)17-13(8-22-25)16(23-18(21)24-17)14-5-2-6-27-14/h1-8H,9-10H2,(H3-,20,21,22,23,24,26)/p+1. The molecule has 3 heterocycles. The highest BCUT2D eigenvalue weighted by Crippen LogP contribution is 2.38. The van der Waals surface area contributed by atoms with E-state index in [1.165, 1.54) is 0 Å². The van der Waals surface area contributed by atoms with Crippen LogP contribution in [0.1, 0.15) is 11.1 Å². The Labute approximate surface area is 159 Å². The molecule has 0 bridgehead atoms. The minimum absolute atomic E-state index is 0.0590. The molecule has 0 saturated heterocycles. The van der Waals surface area contributed by atoms with Crippen molar-refractivity contribution in [3.05, 3.63) is 58.8 Å². The van der Waals surface area contributed by atoms with Gasteiger partial charge < -0.3 is 15.9 Å². The Morgan fingerprint density at radius 2 is 2.07 bits per heavy atom. The summed E-state index contributed by atoms with van der Waals surface area (Å²) in [5.41, 5.74) is 13.5. The van der Waals surface area contributed by atoms with Crippen LogP contribution < -0.4 is 16.1 Å². The van der Waals surface area contributed by atoms with E-state index in [4.69, 9.17) is 27.5 Å². The van der Waals surface area contributed by atoms with Gasteiger partial charge in [0.1, 0.15) is 24.0 Å². The van der Waals surface area contributed by atoms with E-state index in [0.717, 1.165) is 5.56 Å². The monoisotopic (exact) mass is 383 g/mol. The fourth-order valence-corrected chi connectivity index (χ4v) is 3.43. The molecule has 136 valence electrons. The molecule has 0 radical (unpaired) electrons. The third-order valence-electron chi connectivity index (χ3n) is 4.25. The van der Waals surface area contributed by atoms with Crippen molar-refractivity contribution in [1.82, 2.24) is 14.6 Å². The van der Waals surface area contributed by atoms with Crippen LogP contribution in [0.4, 0.5) is 11.8 Å². The van der Waals surface area contributed by atoms with Gasteiger partial charge in [-0.15, -0.1) is 4.59 Å². The number of carbonyl (C=O) groups excluding carboxylic acids is 1. The number of nitrogen functional groups attached to an aromatic ring is 1. The molecular weight excluding hydrogens is 368 g/mol. The summed E-state index contributed by atoms with van der Waals surface area (Å²) in [6, 6.07) is 10.9. The second-order valence-corrected chi connectivity index (χ2v) is 6.66. The van der Waals surface area contributed by atoms with E-state index >= 15 is 0 Å². The zero-order valence-corrected chi connectivity index (χ0v) is 14.9. The molecule has 4 N–H and O–H groups in total. The smallest absolute Gasteiger partial charge is 0.275 e. The highest BCUT2D eigenvalue weighted by atomic mass is 35.5. The van der Waals surface area contributed by atoms with Crippen molar-refractivity contribution in [2.75, 3.05) is 12.3 Å². The maximum absolute atomic E-state index is 11.8. The summed E-state index contributed by atoms with van der Waals surface area (Å²) in [4.78, 5) is 20.5. The fraction of sp³-hybridized carbons (Fsp3) is 0.111. The molecule has 1 amide bonds. The summed E-state index contributed by atoms with van der Waals surface area (Å²) in [6.45, 7) is 0.255. The van der Waals surface area contributed by atoms with Gasteiger partial charge in [-0.3, -0.25) is 4.79 Å². The molecule has 9 heteroatoms. The second-order valence-electron chi connectivity index (χ2n) is 6.22. The van der Waals surface area contributed by atoms with E-state index in [0.29, 0.717) is 34.4 Å². The fourth-order valence-electron chi connectivity index (χ4n) is 3.22. The molecule has 0 aliphatic carbocycles. The molecule has 3 aromatic rings. The maximum Gasteiger partial charge on any atom is 0.275 e. The van der Waals surface area contributed by atoms with Gasteiger partial charge in [0.15, 0.2) is 12.3 Å². The van der Waals surface area contributed by atoms with Crippen molar-refractivity contribution in [3.8, 4) is 11.5 Å². The molecule has 0 fully saturated rings. The Hall–Kier alpha value is -3.23. The third-order valence-corrected chi connectivity index (χ3v) is 4.49. The van der Waals surface area contributed by atoms with Gasteiger partial charge in [-0.2, -0.15) is 4.98 Å². The molecule has 4 rings (SSSR count). The average molecular weight is 384 g/mol. The first-order valence-electron chi connectivity index (χ1n) is 8.14. The average Bonchev–Trinajstić information content (AvgIpc) is 3.23. The number of aromatic nitrogens is 2. The first kappa shape index (κ1) is 17.2. The molecule has 1 aliphatic heterocycles. The van der Waals surface area contributed by atoms with Crippen LogP contribution in [0.25, 0.3) is 11.5 Å². The zero-order chi connectivity index (χ0) is 19.0. The van der Waals surface area contributed by atoms with E-state index in [1.54, 1.807) is 30.7 Å². The van der Waals surface area contributed by atoms with Gasteiger partial charge in [0.2, 0.25) is 5.95 Å². The maximum atomic E-state index is 11.8. The topological polar surface area (TPSA) is 120 Å². The van der Waals surface area contributed by atoms with Gasteiger partial charge in [0, 0.05) is 10.6 Å². The highest BCUT2D eigenvalue weighted by Gasteiger charge is 2.43. The number of halogens is 1. The number of primary amides is 1. The van der Waals surface area contributed by atoms with Crippen LogP contribution >= 0.6 is 11.6 Å². The molecule has 1 atom stereocenters. The number of benzene rings is 1. The minimum Gasteiger partial charge on any atom is -0.463 e. The molecule has 1 aromatic carbocycles. The van der Waals surface area contributed by atoms with E-state index in [-0.39, 0.29) is 17.1 Å². The number of amides is 1. The summed E-state index contributed by atoms with van der Waals surface area (Å²) in [6.07, 6.45) is 3.17. The number of anilines is 1. The number of hydrogen-bond donors (Lipinski definition) is 2. The Bertz CT molecular complexity index is 1050. The van der Waals surface area contributed by atoms with Gasteiger partial charge in [0.25, 0.3) is 11.7 Å². The van der Waals surface area contributed by atoms with Crippen molar-refractivity contribution in [2.45, 2.75) is 6.54 Å². The Balaban J connectivity index is 1.87. The van der Waals surface area contributed by atoms with Crippen molar-refractivity contribution >= 4 is 35.5 Å². The lowest BCUT2D eigenvalue weighted by molar-refractivity contribution is -0.119. The van der Waals surface area contributed by atoms with E-state index in [9.17, 15) is 4.79 Å².